The van der Waals surface area contributed by atoms with Gasteiger partial charge in [-0.2, -0.15) is 0 Å². The molecular weight excluding hydrogens is 266 g/mol. The molecule has 0 saturated carbocycles. The molecule has 0 aliphatic rings. The molecule has 0 bridgehead atoms. The van der Waals surface area contributed by atoms with E-state index in [1.807, 2.05) is 42.5 Å². The molecule has 2 aromatic carbocycles. The van der Waals surface area contributed by atoms with E-state index in [1.54, 1.807) is 26.2 Å². The van der Waals surface area contributed by atoms with Crippen molar-refractivity contribution in [1.29, 1.82) is 0 Å². The number of carbonyl (C=O) groups excluding carboxylic acids is 1. The van der Waals surface area contributed by atoms with Crippen LogP contribution in [-0.4, -0.2) is 38.1 Å². The third-order valence-electron chi connectivity index (χ3n) is 2.88. The zero-order valence-corrected chi connectivity index (χ0v) is 12.3. The fourth-order valence-corrected chi connectivity index (χ4v) is 1.84. The molecule has 0 aliphatic heterocycles. The van der Waals surface area contributed by atoms with Gasteiger partial charge in [-0.15, -0.1) is 0 Å². The number of hydrogen-bond acceptors (Lipinski definition) is 3. The Morgan fingerprint density at radius 3 is 2.24 bits per heavy atom. The van der Waals surface area contributed by atoms with Crippen LogP contribution >= 0.6 is 0 Å². The summed E-state index contributed by atoms with van der Waals surface area (Å²) in [5.41, 5.74) is 0.558. The van der Waals surface area contributed by atoms with Crippen molar-refractivity contribution < 1.29 is 14.3 Å². The third-order valence-corrected chi connectivity index (χ3v) is 2.88. The van der Waals surface area contributed by atoms with E-state index in [0.29, 0.717) is 24.5 Å². The fraction of sp³-hybridized carbons (Fsp3) is 0.235. The average Bonchev–Trinajstić information content (AvgIpc) is 2.52. The molecule has 0 aliphatic carbocycles. The van der Waals surface area contributed by atoms with E-state index in [9.17, 15) is 4.79 Å². The molecule has 21 heavy (non-hydrogen) atoms. The van der Waals surface area contributed by atoms with Gasteiger partial charge in [0.1, 0.15) is 24.7 Å². The van der Waals surface area contributed by atoms with Crippen molar-refractivity contribution in [3.8, 4) is 11.5 Å². The summed E-state index contributed by atoms with van der Waals surface area (Å²) in [4.78, 5) is 13.6. The normalized spacial score (nSPS) is 10.0. The van der Waals surface area contributed by atoms with Crippen LogP contribution in [0.3, 0.4) is 0 Å². The van der Waals surface area contributed by atoms with Crippen LogP contribution in [0.5, 0.6) is 11.5 Å². The van der Waals surface area contributed by atoms with E-state index in [0.717, 1.165) is 5.75 Å². The van der Waals surface area contributed by atoms with E-state index in [-0.39, 0.29) is 5.91 Å². The van der Waals surface area contributed by atoms with Crippen LogP contribution in [0, 0.1) is 0 Å². The molecule has 0 atom stereocenters. The van der Waals surface area contributed by atoms with Gasteiger partial charge in [-0.05, 0) is 24.3 Å². The summed E-state index contributed by atoms with van der Waals surface area (Å²) in [5, 5.41) is 0. The van der Waals surface area contributed by atoms with Crippen LogP contribution < -0.4 is 9.47 Å². The quantitative estimate of drug-likeness (QED) is 0.766. The second-order valence-corrected chi connectivity index (χ2v) is 4.71. The number of hydrogen-bond donors (Lipinski definition) is 0. The van der Waals surface area contributed by atoms with Crippen LogP contribution in [0.25, 0.3) is 0 Å². The van der Waals surface area contributed by atoms with E-state index in [1.165, 1.54) is 4.90 Å². The van der Waals surface area contributed by atoms with Gasteiger partial charge in [0.15, 0.2) is 0 Å². The Balaban J connectivity index is 1.90. The summed E-state index contributed by atoms with van der Waals surface area (Å²) in [6.07, 6.45) is 0. The lowest BCUT2D eigenvalue weighted by molar-refractivity contribution is 0.0822. The zero-order chi connectivity index (χ0) is 15.1. The van der Waals surface area contributed by atoms with Crippen molar-refractivity contribution >= 4 is 5.91 Å². The molecule has 110 valence electrons. The Morgan fingerprint density at radius 1 is 0.905 bits per heavy atom. The first-order chi connectivity index (χ1) is 10.2. The summed E-state index contributed by atoms with van der Waals surface area (Å²) >= 11 is 0. The fourth-order valence-electron chi connectivity index (χ4n) is 1.84. The highest BCUT2D eigenvalue weighted by molar-refractivity contribution is 5.96. The van der Waals surface area contributed by atoms with Crippen molar-refractivity contribution in [2.45, 2.75) is 0 Å². The molecule has 4 nitrogen and oxygen atoms in total. The van der Waals surface area contributed by atoms with Crippen LogP contribution in [-0.2, 0) is 0 Å². The highest BCUT2D eigenvalue weighted by Crippen LogP contribution is 2.19. The summed E-state index contributed by atoms with van der Waals surface area (Å²) in [7, 11) is 3.44. The topological polar surface area (TPSA) is 38.8 Å². The first-order valence-corrected chi connectivity index (χ1v) is 6.80. The van der Waals surface area contributed by atoms with Gasteiger partial charge in [-0.3, -0.25) is 4.79 Å². The van der Waals surface area contributed by atoms with E-state index < -0.39 is 0 Å². The summed E-state index contributed by atoms with van der Waals surface area (Å²) in [5.74, 6) is 1.31. The summed E-state index contributed by atoms with van der Waals surface area (Å²) < 4.78 is 11.2. The van der Waals surface area contributed by atoms with E-state index >= 15 is 0 Å². The number of para-hydroxylation sites is 2. The SMILES string of the molecule is CN(C)C(=O)c1ccccc1OCCOc1ccccc1. The minimum Gasteiger partial charge on any atom is -0.490 e. The van der Waals surface area contributed by atoms with Crippen molar-refractivity contribution in [2.75, 3.05) is 27.3 Å². The Hall–Kier alpha value is -2.49. The predicted molar refractivity (Wildman–Crippen MR) is 81.9 cm³/mol. The molecule has 0 unspecified atom stereocenters. The molecule has 0 N–H and O–H groups in total. The van der Waals surface area contributed by atoms with Gasteiger partial charge < -0.3 is 14.4 Å². The van der Waals surface area contributed by atoms with Gasteiger partial charge in [0.2, 0.25) is 0 Å². The molecule has 0 radical (unpaired) electrons. The van der Waals surface area contributed by atoms with Crippen LogP contribution in [0.4, 0.5) is 0 Å². The van der Waals surface area contributed by atoms with Gasteiger partial charge in [0, 0.05) is 14.1 Å². The minimum atomic E-state index is -0.0745. The maximum absolute atomic E-state index is 12.0. The van der Waals surface area contributed by atoms with Crippen LogP contribution in [0.15, 0.2) is 54.6 Å². The first-order valence-electron chi connectivity index (χ1n) is 6.80. The molecule has 0 aromatic heterocycles. The number of ether oxygens (including phenoxy) is 2. The Morgan fingerprint density at radius 2 is 1.52 bits per heavy atom. The highest BCUT2D eigenvalue weighted by atomic mass is 16.5. The van der Waals surface area contributed by atoms with Gasteiger partial charge in [0.25, 0.3) is 5.91 Å². The van der Waals surface area contributed by atoms with Crippen molar-refractivity contribution in [3.05, 3.63) is 60.2 Å². The minimum absolute atomic E-state index is 0.0745. The molecule has 2 aromatic rings. The van der Waals surface area contributed by atoms with Gasteiger partial charge in [-0.1, -0.05) is 30.3 Å². The molecule has 1 amide bonds. The first kappa shape index (κ1) is 14.9. The average molecular weight is 285 g/mol. The zero-order valence-electron chi connectivity index (χ0n) is 12.3. The molecule has 0 spiro atoms. The summed E-state index contributed by atoms with van der Waals surface area (Å²) in [6, 6.07) is 16.8. The van der Waals surface area contributed by atoms with E-state index in [4.69, 9.17) is 9.47 Å². The second kappa shape index (κ2) is 7.33. The Kier molecular flexibility index (Phi) is 5.21. The second-order valence-electron chi connectivity index (χ2n) is 4.71. The molecular formula is C17H19NO3. The standard InChI is InChI=1S/C17H19NO3/c1-18(2)17(19)15-10-6-7-11-16(15)21-13-12-20-14-8-4-3-5-9-14/h3-11H,12-13H2,1-2H3. The number of rotatable bonds is 6. The van der Waals surface area contributed by atoms with Crippen molar-refractivity contribution in [1.82, 2.24) is 4.90 Å². The molecule has 0 heterocycles. The van der Waals surface area contributed by atoms with E-state index in [2.05, 4.69) is 0 Å². The molecule has 0 saturated heterocycles. The van der Waals surface area contributed by atoms with Gasteiger partial charge in [0.05, 0.1) is 5.56 Å². The number of amides is 1. The van der Waals surface area contributed by atoms with Crippen LogP contribution in [0.1, 0.15) is 10.4 Å². The predicted octanol–water partition coefficient (Wildman–Crippen LogP) is 2.85. The Bertz CT molecular complexity index is 582. The van der Waals surface area contributed by atoms with Gasteiger partial charge in [-0.25, -0.2) is 0 Å². The highest BCUT2D eigenvalue weighted by Gasteiger charge is 2.13. The third kappa shape index (κ3) is 4.24. The van der Waals surface area contributed by atoms with Crippen molar-refractivity contribution in [3.63, 3.8) is 0 Å². The lowest BCUT2D eigenvalue weighted by Gasteiger charge is -2.15. The Labute approximate surface area is 124 Å². The summed E-state index contributed by atoms with van der Waals surface area (Å²) in [6.45, 7) is 0.807. The number of nitrogens with zero attached hydrogens (tertiary/aromatic N) is 1. The lowest BCUT2D eigenvalue weighted by Crippen LogP contribution is -2.22. The maximum Gasteiger partial charge on any atom is 0.257 e. The monoisotopic (exact) mass is 285 g/mol. The van der Waals surface area contributed by atoms with Gasteiger partial charge >= 0.3 is 0 Å². The van der Waals surface area contributed by atoms with Crippen LogP contribution in [0.2, 0.25) is 0 Å². The van der Waals surface area contributed by atoms with Crippen molar-refractivity contribution in [2.24, 2.45) is 0 Å². The number of benzene rings is 2. The largest absolute Gasteiger partial charge is 0.490 e. The molecule has 0 fully saturated rings. The molecule has 2 rings (SSSR count). The number of carbonyl (C=O) groups is 1. The molecule has 4 heteroatoms. The smallest absolute Gasteiger partial charge is 0.257 e. The maximum atomic E-state index is 12.0. The lowest BCUT2D eigenvalue weighted by atomic mass is 10.2.